The van der Waals surface area contributed by atoms with Gasteiger partial charge in [-0.25, -0.2) is 0 Å². The maximum Gasteiger partial charge on any atom is 0.187 e. The molecule has 0 aliphatic rings. The Kier molecular flexibility index (Phi) is 3.19. The lowest BCUT2D eigenvalue weighted by Gasteiger charge is -2.06. The van der Waals surface area contributed by atoms with E-state index in [4.69, 9.17) is 5.73 Å². The summed E-state index contributed by atoms with van der Waals surface area (Å²) in [6.07, 6.45) is 0. The van der Waals surface area contributed by atoms with Crippen molar-refractivity contribution in [3.63, 3.8) is 0 Å². The zero-order chi connectivity index (χ0) is 12.4. The molecule has 1 aromatic heterocycles. The van der Waals surface area contributed by atoms with Gasteiger partial charge in [0, 0.05) is 10.6 Å². The third-order valence-corrected chi connectivity index (χ3v) is 3.83. The summed E-state index contributed by atoms with van der Waals surface area (Å²) in [5.74, 6) is 0.714. The highest BCUT2D eigenvalue weighted by atomic mass is 32.2. The van der Waals surface area contributed by atoms with E-state index in [-0.39, 0.29) is 5.75 Å². The molecule has 0 radical (unpaired) electrons. The van der Waals surface area contributed by atoms with E-state index in [0.29, 0.717) is 11.5 Å². The highest BCUT2D eigenvalue weighted by Gasteiger charge is 2.12. The third-order valence-electron chi connectivity index (χ3n) is 2.38. The van der Waals surface area contributed by atoms with Crippen LogP contribution in [0.4, 0.5) is 5.69 Å². The Balaban J connectivity index is 2.23. The smallest absolute Gasteiger partial charge is 0.187 e. The lowest BCUT2D eigenvalue weighted by Crippen LogP contribution is -2.03. The van der Waals surface area contributed by atoms with Crippen molar-refractivity contribution in [3.8, 4) is 0 Å². The Hall–Kier alpha value is -1.76. The molecule has 1 atom stereocenters. The van der Waals surface area contributed by atoms with Crippen LogP contribution >= 0.6 is 0 Å². The molecule has 1 heterocycles. The normalized spacial score (nSPS) is 12.6. The van der Waals surface area contributed by atoms with Crippen LogP contribution in [0.2, 0.25) is 0 Å². The SMILES string of the molecule is Cc1c(N)cccc1S(=O)Cc1nnn(C)n1. The zero-order valence-electron chi connectivity index (χ0n) is 9.62. The summed E-state index contributed by atoms with van der Waals surface area (Å²) in [5.41, 5.74) is 7.26. The molecule has 1 unspecified atom stereocenters. The predicted octanol–water partition coefficient (Wildman–Crippen LogP) is 0.409. The Bertz CT molecular complexity index is 566. The van der Waals surface area contributed by atoms with Crippen LogP contribution in [0.5, 0.6) is 0 Å². The van der Waals surface area contributed by atoms with Crippen molar-refractivity contribution in [2.24, 2.45) is 7.05 Å². The first-order valence-corrected chi connectivity index (χ1v) is 6.36. The van der Waals surface area contributed by atoms with Gasteiger partial charge in [-0.1, -0.05) is 6.07 Å². The van der Waals surface area contributed by atoms with Crippen molar-refractivity contribution in [1.82, 2.24) is 20.2 Å². The van der Waals surface area contributed by atoms with Gasteiger partial charge in [0.25, 0.3) is 0 Å². The van der Waals surface area contributed by atoms with Gasteiger partial charge in [-0.05, 0) is 29.8 Å². The van der Waals surface area contributed by atoms with Crippen molar-refractivity contribution in [1.29, 1.82) is 0 Å². The summed E-state index contributed by atoms with van der Waals surface area (Å²) in [5, 5.41) is 11.5. The number of nitrogens with two attached hydrogens (primary N) is 1. The molecule has 0 aliphatic heterocycles. The van der Waals surface area contributed by atoms with Gasteiger partial charge in [-0.2, -0.15) is 4.80 Å². The molecule has 0 fully saturated rings. The van der Waals surface area contributed by atoms with E-state index in [2.05, 4.69) is 15.4 Å². The van der Waals surface area contributed by atoms with Gasteiger partial charge in [-0.15, -0.1) is 10.2 Å². The van der Waals surface area contributed by atoms with Gasteiger partial charge in [0.05, 0.1) is 23.6 Å². The molecule has 0 saturated carbocycles. The number of aryl methyl sites for hydroxylation is 1. The lowest BCUT2D eigenvalue weighted by atomic mass is 10.2. The first kappa shape index (κ1) is 11.7. The first-order valence-electron chi connectivity index (χ1n) is 5.04. The minimum Gasteiger partial charge on any atom is -0.398 e. The monoisotopic (exact) mass is 251 g/mol. The molecular weight excluding hydrogens is 238 g/mol. The van der Waals surface area contributed by atoms with Gasteiger partial charge in [0.2, 0.25) is 0 Å². The molecule has 7 heteroatoms. The topological polar surface area (TPSA) is 86.7 Å². The fourth-order valence-electron chi connectivity index (χ4n) is 1.45. The van der Waals surface area contributed by atoms with E-state index >= 15 is 0 Å². The van der Waals surface area contributed by atoms with Crippen LogP contribution in [0.15, 0.2) is 23.1 Å². The van der Waals surface area contributed by atoms with Gasteiger partial charge in [0.15, 0.2) is 5.82 Å². The van der Waals surface area contributed by atoms with Gasteiger partial charge in [-0.3, -0.25) is 4.21 Å². The molecule has 0 amide bonds. The molecule has 17 heavy (non-hydrogen) atoms. The van der Waals surface area contributed by atoms with E-state index < -0.39 is 10.8 Å². The Morgan fingerprint density at radius 3 is 2.88 bits per heavy atom. The highest BCUT2D eigenvalue weighted by molar-refractivity contribution is 7.84. The standard InChI is InChI=1S/C10H13N5OS/c1-7-8(11)4-3-5-9(7)17(16)6-10-12-14-15(2)13-10/h3-5H,6,11H2,1-2H3. The number of anilines is 1. The maximum absolute atomic E-state index is 12.1. The van der Waals surface area contributed by atoms with Crippen molar-refractivity contribution >= 4 is 16.5 Å². The molecule has 0 spiro atoms. The second-order valence-corrected chi connectivity index (χ2v) is 5.07. The molecule has 90 valence electrons. The van der Waals surface area contributed by atoms with E-state index in [9.17, 15) is 4.21 Å². The number of hydrogen-bond acceptors (Lipinski definition) is 5. The van der Waals surface area contributed by atoms with Crippen molar-refractivity contribution in [2.45, 2.75) is 17.6 Å². The highest BCUT2D eigenvalue weighted by Crippen LogP contribution is 2.20. The maximum atomic E-state index is 12.1. The lowest BCUT2D eigenvalue weighted by molar-refractivity contribution is 0.628. The molecule has 2 N–H and O–H groups in total. The number of aromatic nitrogens is 4. The van der Waals surface area contributed by atoms with Gasteiger partial charge in [0.1, 0.15) is 0 Å². The molecule has 0 saturated heterocycles. The molecular formula is C10H13N5OS. The van der Waals surface area contributed by atoms with Crippen LogP contribution in [0, 0.1) is 6.92 Å². The van der Waals surface area contributed by atoms with E-state index in [1.807, 2.05) is 6.92 Å². The van der Waals surface area contributed by atoms with Crippen LogP contribution in [0.3, 0.4) is 0 Å². The molecule has 1 aromatic carbocycles. The fraction of sp³-hybridized carbons (Fsp3) is 0.300. The zero-order valence-corrected chi connectivity index (χ0v) is 10.4. The molecule has 6 nitrogen and oxygen atoms in total. The van der Waals surface area contributed by atoms with E-state index in [1.165, 1.54) is 4.80 Å². The van der Waals surface area contributed by atoms with E-state index in [1.54, 1.807) is 25.2 Å². The number of tetrazole rings is 1. The van der Waals surface area contributed by atoms with Crippen molar-refractivity contribution < 1.29 is 4.21 Å². The summed E-state index contributed by atoms with van der Waals surface area (Å²) in [7, 11) is 0.471. The quantitative estimate of drug-likeness (QED) is 0.798. The summed E-state index contributed by atoms with van der Waals surface area (Å²) in [6, 6.07) is 5.38. The minimum atomic E-state index is -1.20. The first-order chi connectivity index (χ1) is 8.08. The summed E-state index contributed by atoms with van der Waals surface area (Å²) in [6.45, 7) is 1.85. The number of benzene rings is 1. The van der Waals surface area contributed by atoms with Crippen molar-refractivity contribution in [2.75, 3.05) is 5.73 Å². The number of nitrogens with zero attached hydrogens (tertiary/aromatic N) is 4. The van der Waals surface area contributed by atoms with Crippen molar-refractivity contribution in [3.05, 3.63) is 29.6 Å². The largest absolute Gasteiger partial charge is 0.398 e. The predicted molar refractivity (Wildman–Crippen MR) is 64.5 cm³/mol. The van der Waals surface area contributed by atoms with Crippen LogP contribution < -0.4 is 5.73 Å². The summed E-state index contributed by atoms with van der Waals surface area (Å²) in [4.78, 5) is 2.07. The number of rotatable bonds is 3. The summed E-state index contributed by atoms with van der Waals surface area (Å²) >= 11 is 0. The van der Waals surface area contributed by atoms with Gasteiger partial charge < -0.3 is 5.73 Å². The van der Waals surface area contributed by atoms with Crippen LogP contribution in [0.1, 0.15) is 11.4 Å². The molecule has 0 bridgehead atoms. The number of hydrogen-bond donors (Lipinski definition) is 1. The summed E-state index contributed by atoms with van der Waals surface area (Å²) < 4.78 is 12.1. The van der Waals surface area contributed by atoms with Gasteiger partial charge >= 0.3 is 0 Å². The Labute approximate surface area is 101 Å². The Morgan fingerprint density at radius 1 is 1.47 bits per heavy atom. The van der Waals surface area contributed by atoms with Crippen LogP contribution in [-0.4, -0.2) is 24.4 Å². The third kappa shape index (κ3) is 2.50. The van der Waals surface area contributed by atoms with E-state index in [0.717, 1.165) is 10.5 Å². The van der Waals surface area contributed by atoms with Crippen LogP contribution in [-0.2, 0) is 23.6 Å². The minimum absolute atomic E-state index is 0.248. The molecule has 2 aromatic rings. The average molecular weight is 251 g/mol. The fourth-order valence-corrected chi connectivity index (χ4v) is 2.65. The Morgan fingerprint density at radius 2 is 2.24 bits per heavy atom. The molecule has 2 rings (SSSR count). The number of nitrogen functional groups attached to an aromatic ring is 1. The van der Waals surface area contributed by atoms with Crippen LogP contribution in [0.25, 0.3) is 0 Å². The second kappa shape index (κ2) is 4.62. The second-order valence-electron chi connectivity index (χ2n) is 3.66. The average Bonchev–Trinajstić information content (AvgIpc) is 2.68. The molecule has 0 aliphatic carbocycles.